The molecule has 8 nitrogen and oxygen atoms in total. The van der Waals surface area contributed by atoms with Crippen LogP contribution in [0.2, 0.25) is 10.0 Å². The minimum absolute atomic E-state index is 0.0765. The van der Waals surface area contributed by atoms with Crippen molar-refractivity contribution in [3.8, 4) is 17.6 Å². The van der Waals surface area contributed by atoms with Crippen molar-refractivity contribution in [2.75, 3.05) is 19.0 Å². The number of hydrogen-bond donors (Lipinski definition) is 1. The molecule has 1 amide bonds. The van der Waals surface area contributed by atoms with Gasteiger partial charge in [-0.1, -0.05) is 23.2 Å². The molecule has 3 rings (SSSR count). The molecule has 0 spiro atoms. The molecule has 172 valence electrons. The summed E-state index contributed by atoms with van der Waals surface area (Å²) in [6.07, 6.45) is 1.56. The first kappa shape index (κ1) is 24.6. The predicted molar refractivity (Wildman–Crippen MR) is 130 cm³/mol. The minimum atomic E-state index is -0.515. The van der Waals surface area contributed by atoms with Gasteiger partial charge in [0, 0.05) is 22.8 Å². The quantitative estimate of drug-likeness (QED) is 0.177. The van der Waals surface area contributed by atoms with Gasteiger partial charge in [-0.25, -0.2) is 0 Å². The van der Waals surface area contributed by atoms with Gasteiger partial charge in [-0.3, -0.25) is 14.9 Å². The maximum absolute atomic E-state index is 12.2. The number of nitro groups is 1. The lowest BCUT2D eigenvalue weighted by molar-refractivity contribution is -0.384. The third-order valence-corrected chi connectivity index (χ3v) is 5.08. The van der Waals surface area contributed by atoms with Crippen LogP contribution >= 0.6 is 23.2 Å². The van der Waals surface area contributed by atoms with E-state index in [2.05, 4.69) is 11.4 Å². The summed E-state index contributed by atoms with van der Waals surface area (Å²) in [6.45, 7) is -0.319. The van der Waals surface area contributed by atoms with Crippen LogP contribution in [0.5, 0.6) is 11.5 Å². The fraction of sp³-hybridized carbons (Fsp3) is 0.0833. The number of amides is 1. The zero-order chi connectivity index (χ0) is 24.7. The van der Waals surface area contributed by atoms with Gasteiger partial charge in [0.2, 0.25) is 0 Å². The fourth-order valence-corrected chi connectivity index (χ4v) is 3.34. The van der Waals surface area contributed by atoms with Crippen molar-refractivity contribution >= 4 is 52.1 Å². The van der Waals surface area contributed by atoms with Gasteiger partial charge < -0.3 is 14.8 Å². The molecular formula is C24H17Cl2N3O5. The molecule has 0 atom stereocenters. The van der Waals surface area contributed by atoms with Gasteiger partial charge >= 0.3 is 0 Å². The first-order valence-corrected chi connectivity index (χ1v) is 10.5. The molecule has 0 heterocycles. The van der Waals surface area contributed by atoms with Crippen molar-refractivity contribution in [3.05, 3.63) is 92.0 Å². The number of carbonyl (C=O) groups is 1. The van der Waals surface area contributed by atoms with Crippen molar-refractivity contribution in [1.82, 2.24) is 0 Å². The summed E-state index contributed by atoms with van der Waals surface area (Å²) >= 11 is 12.2. The number of halogens is 2. The number of rotatable bonds is 8. The smallest absolute Gasteiger partial charge is 0.269 e. The van der Waals surface area contributed by atoms with Crippen LogP contribution in [0.25, 0.3) is 11.6 Å². The Balaban J connectivity index is 1.78. The zero-order valence-corrected chi connectivity index (χ0v) is 19.3. The van der Waals surface area contributed by atoms with Gasteiger partial charge in [0.1, 0.15) is 0 Å². The van der Waals surface area contributed by atoms with E-state index >= 15 is 0 Å². The number of nitriles is 1. The highest BCUT2D eigenvalue weighted by Gasteiger charge is 2.15. The van der Waals surface area contributed by atoms with E-state index in [9.17, 15) is 20.2 Å². The second kappa shape index (κ2) is 11.2. The average molecular weight is 498 g/mol. The third-order valence-electron chi connectivity index (χ3n) is 4.55. The van der Waals surface area contributed by atoms with Crippen molar-refractivity contribution in [2.24, 2.45) is 0 Å². The number of nitrogens with one attached hydrogen (secondary N) is 1. The van der Waals surface area contributed by atoms with Crippen LogP contribution < -0.4 is 14.8 Å². The van der Waals surface area contributed by atoms with E-state index in [-0.39, 0.29) is 34.4 Å². The lowest BCUT2D eigenvalue weighted by Crippen LogP contribution is -2.20. The van der Waals surface area contributed by atoms with Crippen LogP contribution in [0.1, 0.15) is 11.1 Å². The Kier molecular flexibility index (Phi) is 8.09. The highest BCUT2D eigenvalue weighted by molar-refractivity contribution is 6.32. The molecule has 0 aliphatic heterocycles. The molecule has 10 heteroatoms. The zero-order valence-electron chi connectivity index (χ0n) is 17.7. The Bertz CT molecular complexity index is 1280. The molecular weight excluding hydrogens is 481 g/mol. The Morgan fingerprint density at radius 2 is 1.82 bits per heavy atom. The summed E-state index contributed by atoms with van der Waals surface area (Å²) in [6, 6.07) is 17.5. The molecule has 0 radical (unpaired) electrons. The molecule has 0 aliphatic rings. The number of benzene rings is 3. The van der Waals surface area contributed by atoms with Gasteiger partial charge in [-0.05, 0) is 65.7 Å². The number of allylic oxidation sites excluding steroid dienone is 1. The first-order valence-electron chi connectivity index (χ1n) is 9.73. The maximum atomic E-state index is 12.2. The topological polar surface area (TPSA) is 114 Å². The van der Waals surface area contributed by atoms with Gasteiger partial charge in [0.05, 0.1) is 28.7 Å². The number of hydrogen-bond acceptors (Lipinski definition) is 6. The highest BCUT2D eigenvalue weighted by Crippen LogP contribution is 2.37. The second-order valence-electron chi connectivity index (χ2n) is 6.85. The third kappa shape index (κ3) is 6.25. The number of non-ortho nitro benzene ring substituents is 1. The molecule has 0 aromatic heterocycles. The SMILES string of the molecule is COc1cc(/C=C(\C#N)c2ccc([N+](=O)[O-])cc2)cc(Cl)c1OCC(=O)Nc1ccc(Cl)cc1. The first-order chi connectivity index (χ1) is 16.3. The number of carbonyl (C=O) groups excluding carboxylic acids is 1. The van der Waals surface area contributed by atoms with Crippen LogP contribution in [-0.2, 0) is 4.79 Å². The van der Waals surface area contributed by atoms with Crippen molar-refractivity contribution < 1.29 is 19.2 Å². The summed E-state index contributed by atoms with van der Waals surface area (Å²) in [4.78, 5) is 22.5. The highest BCUT2D eigenvalue weighted by atomic mass is 35.5. The maximum Gasteiger partial charge on any atom is 0.269 e. The van der Waals surface area contributed by atoms with Crippen molar-refractivity contribution in [3.63, 3.8) is 0 Å². The number of ether oxygens (including phenoxy) is 2. The van der Waals surface area contributed by atoms with Gasteiger partial charge in [-0.15, -0.1) is 0 Å². The van der Waals surface area contributed by atoms with E-state index in [1.807, 2.05) is 0 Å². The molecule has 0 fully saturated rings. The van der Waals surface area contributed by atoms with Gasteiger partial charge in [-0.2, -0.15) is 5.26 Å². The van der Waals surface area contributed by atoms with Gasteiger partial charge in [0.15, 0.2) is 18.1 Å². The van der Waals surface area contributed by atoms with Crippen LogP contribution in [0, 0.1) is 21.4 Å². The molecule has 1 N–H and O–H groups in total. The van der Waals surface area contributed by atoms with E-state index in [4.69, 9.17) is 32.7 Å². The predicted octanol–water partition coefficient (Wildman–Crippen LogP) is 5.99. The van der Waals surface area contributed by atoms with Gasteiger partial charge in [0.25, 0.3) is 11.6 Å². The molecule has 3 aromatic rings. The monoisotopic (exact) mass is 497 g/mol. The Morgan fingerprint density at radius 1 is 1.15 bits per heavy atom. The number of nitro benzene ring substituents is 1. The normalized spacial score (nSPS) is 10.8. The Labute approximate surface area is 205 Å². The average Bonchev–Trinajstić information content (AvgIpc) is 2.83. The number of methoxy groups -OCH3 is 1. The van der Waals surface area contributed by atoms with Crippen molar-refractivity contribution in [1.29, 1.82) is 5.26 Å². The molecule has 0 saturated heterocycles. The number of anilines is 1. The van der Waals surface area contributed by atoms with Crippen LogP contribution in [0.3, 0.4) is 0 Å². The van der Waals surface area contributed by atoms with E-state index in [1.165, 1.54) is 31.4 Å². The molecule has 34 heavy (non-hydrogen) atoms. The molecule has 3 aromatic carbocycles. The van der Waals surface area contributed by atoms with E-state index in [0.29, 0.717) is 21.8 Å². The molecule has 0 aliphatic carbocycles. The summed E-state index contributed by atoms with van der Waals surface area (Å²) in [5.74, 6) is 0.0230. The van der Waals surface area contributed by atoms with E-state index < -0.39 is 10.8 Å². The summed E-state index contributed by atoms with van der Waals surface area (Å²) in [5.41, 5.74) is 1.79. The minimum Gasteiger partial charge on any atom is -0.493 e. The Hall–Kier alpha value is -4.06. The van der Waals surface area contributed by atoms with E-state index in [0.717, 1.165) is 0 Å². The number of nitrogens with zero attached hydrogens (tertiary/aromatic N) is 2. The summed E-state index contributed by atoms with van der Waals surface area (Å²) in [5, 5.41) is 23.8. The fourth-order valence-electron chi connectivity index (χ4n) is 2.94. The van der Waals surface area contributed by atoms with Crippen LogP contribution in [0.4, 0.5) is 11.4 Å². The van der Waals surface area contributed by atoms with Crippen molar-refractivity contribution in [2.45, 2.75) is 0 Å². The summed E-state index contributed by atoms with van der Waals surface area (Å²) in [7, 11) is 1.42. The molecule has 0 unspecified atom stereocenters. The lowest BCUT2D eigenvalue weighted by atomic mass is 10.0. The largest absolute Gasteiger partial charge is 0.493 e. The van der Waals surface area contributed by atoms with Crippen LogP contribution in [0.15, 0.2) is 60.7 Å². The molecule has 0 saturated carbocycles. The second-order valence-corrected chi connectivity index (χ2v) is 7.70. The molecule has 0 bridgehead atoms. The standard InChI is InChI=1S/C24H17Cl2N3O5/c1-33-22-12-15(10-17(13-27)16-2-8-20(9-3-16)29(31)32)11-21(26)24(22)34-14-23(30)28-19-6-4-18(25)5-7-19/h2-12H,14H2,1H3,(H,28,30)/b17-10+. The Morgan fingerprint density at radius 3 is 2.41 bits per heavy atom. The van der Waals surface area contributed by atoms with Crippen LogP contribution in [-0.4, -0.2) is 24.5 Å². The van der Waals surface area contributed by atoms with E-state index in [1.54, 1.807) is 42.5 Å². The summed E-state index contributed by atoms with van der Waals surface area (Å²) < 4.78 is 10.9. The lowest BCUT2D eigenvalue weighted by Gasteiger charge is -2.13.